The number of carbonyl (C=O) groups excluding carboxylic acids is 4. The van der Waals surface area contributed by atoms with Crippen molar-refractivity contribution in [1.82, 2.24) is 35.3 Å². The van der Waals surface area contributed by atoms with Crippen LogP contribution in [0.3, 0.4) is 0 Å². The third kappa shape index (κ3) is 14.6. The molecule has 17 nitrogen and oxygen atoms in total. The number of aryl methyl sites for hydroxylation is 1. The summed E-state index contributed by atoms with van der Waals surface area (Å²) >= 11 is 14.3. The van der Waals surface area contributed by atoms with Crippen molar-refractivity contribution in [2.45, 2.75) is 104 Å². The summed E-state index contributed by atoms with van der Waals surface area (Å²) in [6.45, 7) is 11.9. The van der Waals surface area contributed by atoms with Crippen LogP contribution in [0.2, 0.25) is 10.0 Å². The second-order valence-corrected chi connectivity index (χ2v) is 21.7. The van der Waals surface area contributed by atoms with E-state index in [1.54, 1.807) is 42.7 Å². The van der Waals surface area contributed by atoms with E-state index < -0.39 is 29.5 Å². The molecule has 3 atom stereocenters. The highest BCUT2D eigenvalue weighted by Gasteiger charge is 2.44. The van der Waals surface area contributed by atoms with Gasteiger partial charge in [0.1, 0.15) is 23.9 Å². The summed E-state index contributed by atoms with van der Waals surface area (Å²) in [7, 11) is 3.06. The summed E-state index contributed by atoms with van der Waals surface area (Å²) in [6, 6.07) is 15.1. The molecule has 75 heavy (non-hydrogen) atoms. The Balaban J connectivity index is 0.789. The van der Waals surface area contributed by atoms with E-state index in [1.165, 1.54) is 18.2 Å². The minimum absolute atomic E-state index is 0.00498. The second kappa shape index (κ2) is 26.0. The average molecular weight is 1090 g/mol. The Morgan fingerprint density at radius 1 is 0.907 bits per heavy atom. The van der Waals surface area contributed by atoms with E-state index in [1.807, 2.05) is 62.4 Å². The Morgan fingerprint density at radius 2 is 1.63 bits per heavy atom. The zero-order valence-corrected chi connectivity index (χ0v) is 45.8. The molecule has 0 bridgehead atoms. The number of aliphatic hydroxyl groups is 1. The quantitative estimate of drug-likeness (QED) is 0.0479. The van der Waals surface area contributed by atoms with Crippen LogP contribution in [0.4, 0.5) is 11.4 Å². The first kappa shape index (κ1) is 56.5. The summed E-state index contributed by atoms with van der Waals surface area (Å²) < 4.78 is 17.3. The fourth-order valence-electron chi connectivity index (χ4n) is 9.39. The maximum atomic E-state index is 14.1. The number of carbonyl (C=O) groups is 4. The molecule has 2 aliphatic heterocycles. The van der Waals surface area contributed by atoms with Gasteiger partial charge in [-0.3, -0.25) is 29.1 Å². The Bertz CT molecular complexity index is 2860. The van der Waals surface area contributed by atoms with Gasteiger partial charge >= 0.3 is 0 Å². The molecule has 5 aromatic rings. The van der Waals surface area contributed by atoms with Gasteiger partial charge < -0.3 is 45.1 Å². The Hall–Kier alpha value is -6.23. The van der Waals surface area contributed by atoms with Crippen LogP contribution in [0.15, 0.2) is 60.2 Å². The Labute approximate surface area is 452 Å². The number of methoxy groups -OCH3 is 2. The van der Waals surface area contributed by atoms with Crippen molar-refractivity contribution in [3.63, 3.8) is 0 Å². The number of β-amino-alcohol motifs (C(OH)–C–C–N with tert-alkyl or cyclic N) is 1. The first-order chi connectivity index (χ1) is 36.0. The molecule has 4 heterocycles. The number of ether oxygens (including phenoxy) is 3. The smallest absolute Gasteiger partial charge is 0.246 e. The van der Waals surface area contributed by atoms with Crippen molar-refractivity contribution in [1.29, 1.82) is 5.26 Å². The molecular weight excluding hydrogens is 1020 g/mol. The fraction of sp³-hybridized carbons (Fsp3) is 0.473. The van der Waals surface area contributed by atoms with Crippen molar-refractivity contribution in [3.8, 4) is 33.8 Å². The van der Waals surface area contributed by atoms with E-state index in [-0.39, 0.29) is 43.7 Å². The number of likely N-dealkylation sites (tertiary alicyclic amines) is 1. The number of fused-ring (bicyclic) bond motifs is 1. The highest BCUT2D eigenvalue weighted by Crippen LogP contribution is 2.41. The molecule has 4 N–H and O–H groups in total. The summed E-state index contributed by atoms with van der Waals surface area (Å²) in [5, 5.41) is 31.0. The number of hydrogen-bond acceptors (Lipinski definition) is 14. The highest BCUT2D eigenvalue weighted by molar-refractivity contribution is 7.13. The number of benzene rings is 3. The lowest BCUT2D eigenvalue weighted by atomic mass is 9.85. The van der Waals surface area contributed by atoms with Gasteiger partial charge in [-0.1, -0.05) is 81.1 Å². The number of piperazine rings is 1. The molecule has 4 amide bonds. The number of nitrogens with one attached hydrogen (secondary N) is 3. The predicted molar refractivity (Wildman–Crippen MR) is 292 cm³/mol. The molecular formula is C55H67Cl2N9O8S. The molecule has 2 aromatic heterocycles. The number of aliphatic hydroxyl groups excluding tert-OH is 1. The van der Waals surface area contributed by atoms with Crippen LogP contribution in [-0.4, -0.2) is 132 Å². The van der Waals surface area contributed by atoms with Gasteiger partial charge in [0.05, 0.1) is 75.5 Å². The molecule has 2 fully saturated rings. The largest absolute Gasteiger partial charge is 0.495 e. The summed E-state index contributed by atoms with van der Waals surface area (Å²) in [6.07, 6.45) is 5.04. The number of rotatable bonds is 22. The second-order valence-electron chi connectivity index (χ2n) is 20.1. The van der Waals surface area contributed by atoms with Gasteiger partial charge in [-0.05, 0) is 54.9 Å². The van der Waals surface area contributed by atoms with Crippen LogP contribution in [0, 0.1) is 23.7 Å². The number of aromatic nitrogens is 2. The number of pyridine rings is 1. The Kier molecular flexibility index (Phi) is 19.6. The maximum Gasteiger partial charge on any atom is 0.246 e. The van der Waals surface area contributed by atoms with Crippen molar-refractivity contribution >= 4 is 80.4 Å². The van der Waals surface area contributed by atoms with E-state index >= 15 is 0 Å². The van der Waals surface area contributed by atoms with Crippen molar-refractivity contribution < 1.29 is 38.5 Å². The number of halogens is 2. The van der Waals surface area contributed by atoms with Gasteiger partial charge in [-0.2, -0.15) is 5.26 Å². The van der Waals surface area contributed by atoms with Crippen molar-refractivity contribution in [2.75, 3.05) is 65.4 Å². The minimum atomic E-state index is -0.897. The molecule has 0 spiro atoms. The number of unbranched alkanes of at least 4 members (excludes halogenated alkanes) is 3. The molecule has 2 saturated heterocycles. The molecule has 7 rings (SSSR count). The highest BCUT2D eigenvalue weighted by atomic mass is 35.5. The van der Waals surface area contributed by atoms with Crippen molar-refractivity contribution in [2.24, 2.45) is 5.41 Å². The number of amides is 4. The molecule has 3 unspecified atom stereocenters. The van der Waals surface area contributed by atoms with Gasteiger partial charge in [0.15, 0.2) is 11.5 Å². The van der Waals surface area contributed by atoms with Crippen LogP contribution in [0.1, 0.15) is 89.0 Å². The topological polar surface area (TPSA) is 212 Å². The Morgan fingerprint density at radius 3 is 2.29 bits per heavy atom. The number of hydrogen-bond donors (Lipinski definition) is 4. The molecule has 400 valence electrons. The van der Waals surface area contributed by atoms with Crippen LogP contribution in [-0.2, 0) is 25.7 Å². The van der Waals surface area contributed by atoms with Gasteiger partial charge in [0, 0.05) is 88.8 Å². The molecule has 20 heteroatoms. The van der Waals surface area contributed by atoms with Crippen LogP contribution < -0.4 is 30.2 Å². The monoisotopic (exact) mass is 1080 g/mol. The van der Waals surface area contributed by atoms with E-state index in [0.717, 1.165) is 67.0 Å². The predicted octanol–water partition coefficient (Wildman–Crippen LogP) is 8.67. The summed E-state index contributed by atoms with van der Waals surface area (Å²) in [5.41, 5.74) is 5.96. The molecule has 3 aromatic carbocycles. The first-order valence-corrected chi connectivity index (χ1v) is 27.0. The SMILES string of the molecule is COc1cc(Nc2c(C#N)cnc3cc(OCCCN4CCN(C(=O)CCCCCCC(=O)NC(C(=O)N5CC(O)CC5C(=O)NCc5ccc(-c6scnc6C)cc5)C(C)(C)C)CC4)c(OC)cc23)c(Cl)cc1Cl. The third-order valence-electron chi connectivity index (χ3n) is 13.6. The number of thiazole rings is 1. The normalized spacial score (nSPS) is 16.3. The molecule has 0 radical (unpaired) electrons. The molecule has 2 aliphatic rings. The average Bonchev–Trinajstić information content (AvgIpc) is 4.02. The lowest BCUT2D eigenvalue weighted by Gasteiger charge is -2.35. The number of nitriles is 1. The molecule has 0 saturated carbocycles. The van der Waals surface area contributed by atoms with E-state index in [9.17, 15) is 29.5 Å². The van der Waals surface area contributed by atoms with Crippen LogP contribution in [0.25, 0.3) is 21.3 Å². The van der Waals surface area contributed by atoms with Gasteiger partial charge in [-0.15, -0.1) is 11.3 Å². The zero-order chi connectivity index (χ0) is 53.8. The van der Waals surface area contributed by atoms with E-state index in [2.05, 4.69) is 36.9 Å². The lowest BCUT2D eigenvalue weighted by Crippen LogP contribution is -2.57. The zero-order valence-electron chi connectivity index (χ0n) is 43.5. The maximum absolute atomic E-state index is 14.1. The van der Waals surface area contributed by atoms with Gasteiger partial charge in [0.2, 0.25) is 23.6 Å². The molecule has 0 aliphatic carbocycles. The van der Waals surface area contributed by atoms with E-state index in [4.69, 9.17) is 37.4 Å². The standard InChI is InChI=1S/C55H67Cl2N9O8S/c1-34-51(75-33-61-34)36-16-14-35(15-17-36)30-60-53(70)44-24-38(67)32-66(44)54(71)52(55(2,3)4)63-48(68)12-9-7-8-10-13-49(69)65-21-19-64(20-22-65)18-11-23-74-47-27-42-39(25-46(47)73-6)50(37(29-58)31-59-42)62-43-28-45(72-5)41(57)26-40(43)56/h14-17,25-28,31,33,38,44,52,67H,7-13,18-24,30,32H2,1-6H3,(H,59,62)(H,60,70)(H,63,68). The van der Waals surface area contributed by atoms with Gasteiger partial charge in [-0.25, -0.2) is 4.98 Å². The van der Waals surface area contributed by atoms with Crippen LogP contribution in [0.5, 0.6) is 17.2 Å². The summed E-state index contributed by atoms with van der Waals surface area (Å²) in [4.78, 5) is 69.5. The minimum Gasteiger partial charge on any atom is -0.495 e. The van der Waals surface area contributed by atoms with E-state index in [0.29, 0.717) is 87.7 Å². The first-order valence-electron chi connectivity index (χ1n) is 25.4. The van der Waals surface area contributed by atoms with Crippen molar-refractivity contribution in [3.05, 3.63) is 87.1 Å². The number of nitrogens with zero attached hydrogens (tertiary/aromatic N) is 6. The van der Waals surface area contributed by atoms with Crippen LogP contribution >= 0.6 is 34.5 Å². The summed E-state index contributed by atoms with van der Waals surface area (Å²) in [5.74, 6) is 0.553. The third-order valence-corrected chi connectivity index (χ3v) is 15.2. The van der Waals surface area contributed by atoms with Gasteiger partial charge in [0.25, 0.3) is 0 Å². The fourth-order valence-corrected chi connectivity index (χ4v) is 10.7. The lowest BCUT2D eigenvalue weighted by molar-refractivity contribution is -0.144. The number of anilines is 2.